The van der Waals surface area contributed by atoms with Gasteiger partial charge in [0.2, 0.25) is 0 Å². The number of likely N-dealkylation sites (tertiary alicyclic amines) is 1. The van der Waals surface area contributed by atoms with Crippen molar-refractivity contribution in [2.24, 2.45) is 5.92 Å². The summed E-state index contributed by atoms with van der Waals surface area (Å²) in [5.74, 6) is -0.827. The molecule has 0 radical (unpaired) electrons. The number of anilines is 1. The number of rotatable bonds is 3. The molecule has 102 valence electrons. The lowest BCUT2D eigenvalue weighted by Crippen LogP contribution is -2.49. The zero-order valence-corrected chi connectivity index (χ0v) is 11.3. The average molecular weight is 260 g/mol. The van der Waals surface area contributed by atoms with Gasteiger partial charge in [-0.1, -0.05) is 12.1 Å². The van der Waals surface area contributed by atoms with Crippen molar-refractivity contribution in [3.05, 3.63) is 29.3 Å². The van der Waals surface area contributed by atoms with Gasteiger partial charge in [0.05, 0.1) is 5.92 Å². The number of aryl methyl sites for hydroxylation is 1. The van der Waals surface area contributed by atoms with Crippen LogP contribution in [-0.2, 0) is 17.8 Å². The topological polar surface area (TPSA) is 43.8 Å². The van der Waals surface area contributed by atoms with Gasteiger partial charge in [0, 0.05) is 38.9 Å². The Morgan fingerprint density at radius 3 is 2.95 bits per heavy atom. The Hall–Kier alpha value is -1.55. The molecule has 1 aromatic rings. The van der Waals surface area contributed by atoms with Crippen LogP contribution < -0.4 is 4.90 Å². The van der Waals surface area contributed by atoms with Crippen molar-refractivity contribution in [3.8, 4) is 0 Å². The van der Waals surface area contributed by atoms with E-state index in [1.807, 2.05) is 0 Å². The van der Waals surface area contributed by atoms with Crippen LogP contribution in [0.25, 0.3) is 0 Å². The number of carbonyl (C=O) groups is 1. The first-order chi connectivity index (χ1) is 9.13. The maximum Gasteiger partial charge on any atom is 0.309 e. The van der Waals surface area contributed by atoms with Crippen LogP contribution in [-0.4, -0.2) is 42.7 Å². The second-order valence-electron chi connectivity index (χ2n) is 5.72. The van der Waals surface area contributed by atoms with E-state index in [-0.39, 0.29) is 5.92 Å². The molecule has 0 spiro atoms. The molecular weight excluding hydrogens is 240 g/mol. The van der Waals surface area contributed by atoms with Gasteiger partial charge in [0.25, 0.3) is 0 Å². The maximum atomic E-state index is 10.8. The highest BCUT2D eigenvalue weighted by Gasteiger charge is 2.32. The molecule has 3 rings (SSSR count). The number of carboxylic acids is 1. The first-order valence-corrected chi connectivity index (χ1v) is 6.91. The molecule has 0 atom stereocenters. The number of nitrogens with zero attached hydrogens (tertiary/aromatic N) is 2. The Balaban J connectivity index is 1.65. The van der Waals surface area contributed by atoms with Crippen molar-refractivity contribution >= 4 is 11.7 Å². The third-order valence-corrected chi connectivity index (χ3v) is 4.21. The second kappa shape index (κ2) is 4.85. The first-order valence-electron chi connectivity index (χ1n) is 6.91. The lowest BCUT2D eigenvalue weighted by molar-refractivity contribution is -0.147. The molecular formula is C15H20N2O2. The Morgan fingerprint density at radius 1 is 1.42 bits per heavy atom. The lowest BCUT2D eigenvalue weighted by Gasteiger charge is -2.37. The van der Waals surface area contributed by atoms with Crippen molar-refractivity contribution < 1.29 is 9.90 Å². The molecule has 2 aliphatic rings. The minimum Gasteiger partial charge on any atom is -0.481 e. The van der Waals surface area contributed by atoms with Gasteiger partial charge in [-0.3, -0.25) is 9.69 Å². The summed E-state index contributed by atoms with van der Waals surface area (Å²) in [5, 5.41) is 8.87. The third-order valence-electron chi connectivity index (χ3n) is 4.21. The molecule has 1 saturated heterocycles. The van der Waals surface area contributed by atoms with Gasteiger partial charge in [0.15, 0.2) is 0 Å². The minimum atomic E-state index is -0.664. The summed E-state index contributed by atoms with van der Waals surface area (Å²) >= 11 is 0. The van der Waals surface area contributed by atoms with Gasteiger partial charge in [-0.15, -0.1) is 0 Å². The van der Waals surface area contributed by atoms with Crippen molar-refractivity contribution in [2.45, 2.75) is 19.4 Å². The van der Waals surface area contributed by atoms with E-state index in [0.29, 0.717) is 13.1 Å². The molecule has 2 aliphatic heterocycles. The quantitative estimate of drug-likeness (QED) is 0.896. The number of aliphatic carboxylic acids is 1. The smallest absolute Gasteiger partial charge is 0.309 e. The van der Waals surface area contributed by atoms with E-state index in [9.17, 15) is 4.79 Å². The van der Waals surface area contributed by atoms with E-state index in [2.05, 4.69) is 35.0 Å². The monoisotopic (exact) mass is 260 g/mol. The largest absolute Gasteiger partial charge is 0.481 e. The van der Waals surface area contributed by atoms with Crippen LogP contribution in [0.1, 0.15) is 17.5 Å². The number of carboxylic acid groups (broad SMARTS) is 1. The SMILES string of the molecule is CN1CCCc2cc(CN3CC(C(=O)O)C3)ccc21. The van der Waals surface area contributed by atoms with E-state index in [4.69, 9.17) is 5.11 Å². The van der Waals surface area contributed by atoms with Gasteiger partial charge in [-0.2, -0.15) is 0 Å². The number of hydrogen-bond donors (Lipinski definition) is 1. The molecule has 0 saturated carbocycles. The molecule has 4 heteroatoms. The van der Waals surface area contributed by atoms with E-state index in [1.54, 1.807) is 0 Å². The van der Waals surface area contributed by atoms with Crippen molar-refractivity contribution in [3.63, 3.8) is 0 Å². The van der Waals surface area contributed by atoms with E-state index >= 15 is 0 Å². The second-order valence-corrected chi connectivity index (χ2v) is 5.72. The van der Waals surface area contributed by atoms with Crippen molar-refractivity contribution in [1.82, 2.24) is 4.90 Å². The zero-order chi connectivity index (χ0) is 13.4. The summed E-state index contributed by atoms with van der Waals surface area (Å²) in [7, 11) is 2.14. The molecule has 1 aromatic carbocycles. The summed E-state index contributed by atoms with van der Waals surface area (Å²) < 4.78 is 0. The molecule has 4 nitrogen and oxygen atoms in total. The van der Waals surface area contributed by atoms with Crippen molar-refractivity contribution in [1.29, 1.82) is 0 Å². The molecule has 1 fully saturated rings. The summed E-state index contributed by atoms with van der Waals surface area (Å²) in [5.41, 5.74) is 4.08. The highest BCUT2D eigenvalue weighted by Crippen LogP contribution is 2.28. The van der Waals surface area contributed by atoms with E-state index in [0.717, 1.165) is 19.5 Å². The Labute approximate surface area is 113 Å². The Bertz CT molecular complexity index is 495. The number of fused-ring (bicyclic) bond motifs is 1. The Morgan fingerprint density at radius 2 is 2.21 bits per heavy atom. The molecule has 0 bridgehead atoms. The summed E-state index contributed by atoms with van der Waals surface area (Å²) in [6, 6.07) is 6.67. The van der Waals surface area contributed by atoms with Crippen LogP contribution in [0.5, 0.6) is 0 Å². The fourth-order valence-corrected chi connectivity index (χ4v) is 3.05. The molecule has 1 N–H and O–H groups in total. The predicted octanol–water partition coefficient (Wildman–Crippen LogP) is 1.59. The van der Waals surface area contributed by atoms with Crippen LogP contribution in [0.4, 0.5) is 5.69 Å². The molecule has 0 aromatic heterocycles. The van der Waals surface area contributed by atoms with Gasteiger partial charge in [0.1, 0.15) is 0 Å². The Kier molecular flexibility index (Phi) is 3.19. The lowest BCUT2D eigenvalue weighted by atomic mass is 9.97. The highest BCUT2D eigenvalue weighted by molar-refractivity contribution is 5.71. The molecule has 19 heavy (non-hydrogen) atoms. The minimum absolute atomic E-state index is 0.163. The highest BCUT2D eigenvalue weighted by atomic mass is 16.4. The maximum absolute atomic E-state index is 10.8. The van der Waals surface area contributed by atoms with Gasteiger partial charge in [-0.25, -0.2) is 0 Å². The molecule has 2 heterocycles. The number of hydrogen-bond acceptors (Lipinski definition) is 3. The summed E-state index contributed by atoms with van der Waals surface area (Å²) in [6.07, 6.45) is 2.38. The van der Waals surface area contributed by atoms with Crippen LogP contribution in [0.2, 0.25) is 0 Å². The third kappa shape index (κ3) is 2.45. The predicted molar refractivity (Wildman–Crippen MR) is 74.4 cm³/mol. The zero-order valence-electron chi connectivity index (χ0n) is 11.3. The molecule has 0 amide bonds. The standard InChI is InChI=1S/C15H20N2O2/c1-16-6-2-3-12-7-11(4-5-14(12)16)8-17-9-13(10-17)15(18)19/h4-5,7,13H,2-3,6,8-10H2,1H3,(H,18,19). The van der Waals surface area contributed by atoms with Crippen LogP contribution >= 0.6 is 0 Å². The summed E-state index contributed by atoms with van der Waals surface area (Å²) in [4.78, 5) is 15.3. The fourth-order valence-electron chi connectivity index (χ4n) is 3.05. The normalized spacial score (nSPS) is 19.9. The number of benzene rings is 1. The van der Waals surface area contributed by atoms with Crippen molar-refractivity contribution in [2.75, 3.05) is 31.6 Å². The van der Waals surface area contributed by atoms with Crippen LogP contribution in [0, 0.1) is 5.92 Å². The van der Waals surface area contributed by atoms with Crippen LogP contribution in [0.15, 0.2) is 18.2 Å². The van der Waals surface area contributed by atoms with Crippen LogP contribution in [0.3, 0.4) is 0 Å². The molecule has 0 unspecified atom stereocenters. The summed E-state index contributed by atoms with van der Waals surface area (Å²) in [6.45, 7) is 3.39. The average Bonchev–Trinajstić information content (AvgIpc) is 2.33. The van der Waals surface area contributed by atoms with E-state index < -0.39 is 5.97 Å². The van der Waals surface area contributed by atoms with Gasteiger partial charge < -0.3 is 10.0 Å². The molecule has 0 aliphatic carbocycles. The fraction of sp³-hybridized carbons (Fsp3) is 0.533. The van der Waals surface area contributed by atoms with Gasteiger partial charge in [-0.05, 0) is 30.0 Å². The first kappa shape index (κ1) is 12.5. The van der Waals surface area contributed by atoms with E-state index in [1.165, 1.54) is 23.2 Å². The van der Waals surface area contributed by atoms with Gasteiger partial charge >= 0.3 is 5.97 Å².